The van der Waals surface area contributed by atoms with Crippen LogP contribution in [0, 0.1) is 17.3 Å². The van der Waals surface area contributed by atoms with Crippen LogP contribution in [0.4, 0.5) is 17.6 Å². The van der Waals surface area contributed by atoms with Crippen molar-refractivity contribution in [2.75, 3.05) is 6.54 Å². The number of carbonyl (C=O) groups excluding carboxylic acids is 1. The molecule has 0 aliphatic heterocycles. The first-order valence-corrected chi connectivity index (χ1v) is 6.69. The smallest absolute Gasteiger partial charge is 0.324 e. The number of hydrogen-bond donors (Lipinski definition) is 2. The van der Waals surface area contributed by atoms with E-state index in [1.807, 2.05) is 26.1 Å². The highest BCUT2D eigenvalue weighted by molar-refractivity contribution is 5.79. The predicted molar refractivity (Wildman–Crippen MR) is 67.6 cm³/mol. The molecule has 3 nitrogen and oxygen atoms in total. The molecule has 7 heteroatoms. The van der Waals surface area contributed by atoms with Crippen LogP contribution in [0.25, 0.3) is 0 Å². The molecule has 0 heterocycles. The summed E-state index contributed by atoms with van der Waals surface area (Å²) in [6, 6.07) is -0.0449. The first-order chi connectivity index (χ1) is 9.00. The second-order valence-corrected chi connectivity index (χ2v) is 6.18. The molecule has 1 rings (SSSR count). The summed E-state index contributed by atoms with van der Waals surface area (Å²) < 4.78 is 49.7. The zero-order valence-electron chi connectivity index (χ0n) is 11.9. The fourth-order valence-corrected chi connectivity index (χ4v) is 2.72. The zero-order chi connectivity index (χ0) is 15.7. The number of nitrogens with one attached hydrogen (secondary N) is 1. The first-order valence-electron chi connectivity index (χ1n) is 6.69. The van der Waals surface area contributed by atoms with Crippen molar-refractivity contribution in [1.29, 1.82) is 0 Å². The minimum absolute atomic E-state index is 0.0441. The Morgan fingerprint density at radius 3 is 2.45 bits per heavy atom. The molecule has 0 aromatic heterocycles. The molecule has 0 aromatic carbocycles. The third-order valence-corrected chi connectivity index (χ3v) is 4.64. The van der Waals surface area contributed by atoms with E-state index in [1.54, 1.807) is 0 Å². The summed E-state index contributed by atoms with van der Waals surface area (Å²) in [5.41, 5.74) is 5.49. The van der Waals surface area contributed by atoms with Crippen LogP contribution in [0.15, 0.2) is 0 Å². The Labute approximate surface area is 116 Å². The standard InChI is InChI=1S/C13H22F4N2O/c1-7-9(18)5-4-8(12(7,2)3)10(20)19-6-13(16,17)11(14)15/h7-9,11H,4-6,18H2,1-3H3,(H,19,20). The highest BCUT2D eigenvalue weighted by atomic mass is 19.3. The molecule has 118 valence electrons. The van der Waals surface area contributed by atoms with Crippen LogP contribution in [0.5, 0.6) is 0 Å². The fraction of sp³-hybridized carbons (Fsp3) is 0.923. The summed E-state index contributed by atoms with van der Waals surface area (Å²) in [5.74, 6) is -5.25. The SMILES string of the molecule is CC1C(N)CCC(C(=O)NCC(F)(F)C(F)F)C1(C)C. The van der Waals surface area contributed by atoms with E-state index in [4.69, 9.17) is 5.73 Å². The van der Waals surface area contributed by atoms with E-state index in [0.29, 0.717) is 12.8 Å². The largest absolute Gasteiger partial charge is 0.350 e. The van der Waals surface area contributed by atoms with Gasteiger partial charge in [-0.1, -0.05) is 20.8 Å². The number of halogens is 4. The number of rotatable bonds is 4. The Morgan fingerprint density at radius 1 is 1.40 bits per heavy atom. The molecule has 1 aliphatic carbocycles. The third kappa shape index (κ3) is 3.42. The molecule has 1 saturated carbocycles. The molecule has 0 aromatic rings. The predicted octanol–water partition coefficient (Wildman–Crippen LogP) is 2.40. The topological polar surface area (TPSA) is 55.1 Å². The maximum absolute atomic E-state index is 12.8. The quantitative estimate of drug-likeness (QED) is 0.783. The summed E-state index contributed by atoms with van der Waals surface area (Å²) in [6.07, 6.45) is -2.69. The summed E-state index contributed by atoms with van der Waals surface area (Å²) in [7, 11) is 0. The second-order valence-electron chi connectivity index (χ2n) is 6.18. The van der Waals surface area contributed by atoms with Crippen LogP contribution in [-0.2, 0) is 4.79 Å². The van der Waals surface area contributed by atoms with Crippen molar-refractivity contribution in [3.8, 4) is 0 Å². The molecule has 0 spiro atoms. The van der Waals surface area contributed by atoms with Crippen molar-refractivity contribution >= 4 is 5.91 Å². The molecule has 3 atom stereocenters. The number of amides is 1. The van der Waals surface area contributed by atoms with Crippen LogP contribution in [0.3, 0.4) is 0 Å². The van der Waals surface area contributed by atoms with Gasteiger partial charge in [0.1, 0.15) is 0 Å². The van der Waals surface area contributed by atoms with E-state index in [0.717, 1.165) is 0 Å². The molecule has 20 heavy (non-hydrogen) atoms. The average Bonchev–Trinajstić information content (AvgIpc) is 2.33. The second kappa shape index (κ2) is 5.87. The monoisotopic (exact) mass is 298 g/mol. The van der Waals surface area contributed by atoms with Gasteiger partial charge in [0.05, 0.1) is 6.54 Å². The van der Waals surface area contributed by atoms with Crippen molar-refractivity contribution in [2.24, 2.45) is 23.0 Å². The summed E-state index contributed by atoms with van der Waals surface area (Å²) in [6.45, 7) is 4.28. The minimum atomic E-state index is -4.20. The maximum Gasteiger partial charge on any atom is 0.324 e. The highest BCUT2D eigenvalue weighted by Crippen LogP contribution is 2.44. The lowest BCUT2D eigenvalue weighted by Crippen LogP contribution is -2.53. The van der Waals surface area contributed by atoms with Crippen LogP contribution in [-0.4, -0.2) is 30.8 Å². The van der Waals surface area contributed by atoms with E-state index < -0.39 is 36.1 Å². The lowest BCUT2D eigenvalue weighted by atomic mass is 9.61. The number of nitrogens with two attached hydrogens (primary N) is 1. The molecule has 1 fully saturated rings. The third-order valence-electron chi connectivity index (χ3n) is 4.64. The van der Waals surface area contributed by atoms with Gasteiger partial charge >= 0.3 is 12.3 Å². The van der Waals surface area contributed by atoms with Gasteiger partial charge in [-0.05, 0) is 24.2 Å². The number of carbonyl (C=O) groups is 1. The maximum atomic E-state index is 12.8. The lowest BCUT2D eigenvalue weighted by Gasteiger charge is -2.46. The molecule has 3 unspecified atom stereocenters. The lowest BCUT2D eigenvalue weighted by molar-refractivity contribution is -0.143. The Kier molecular flexibility index (Phi) is 5.05. The molecule has 0 saturated heterocycles. The summed E-state index contributed by atoms with van der Waals surface area (Å²) >= 11 is 0. The summed E-state index contributed by atoms with van der Waals surface area (Å²) in [4.78, 5) is 12.0. The van der Waals surface area contributed by atoms with Gasteiger partial charge in [-0.3, -0.25) is 4.79 Å². The van der Waals surface area contributed by atoms with E-state index in [-0.39, 0.29) is 12.0 Å². The van der Waals surface area contributed by atoms with Gasteiger partial charge < -0.3 is 11.1 Å². The van der Waals surface area contributed by atoms with Crippen molar-refractivity contribution in [3.05, 3.63) is 0 Å². The first kappa shape index (κ1) is 17.2. The van der Waals surface area contributed by atoms with Gasteiger partial charge in [-0.25, -0.2) is 8.78 Å². The Bertz CT molecular complexity index is 360. The highest BCUT2D eigenvalue weighted by Gasteiger charge is 2.46. The van der Waals surface area contributed by atoms with Crippen molar-refractivity contribution in [2.45, 2.75) is 52.0 Å². The van der Waals surface area contributed by atoms with E-state index in [9.17, 15) is 22.4 Å². The minimum Gasteiger partial charge on any atom is -0.350 e. The van der Waals surface area contributed by atoms with Crippen molar-refractivity contribution < 1.29 is 22.4 Å². The fourth-order valence-electron chi connectivity index (χ4n) is 2.72. The van der Waals surface area contributed by atoms with Crippen molar-refractivity contribution in [1.82, 2.24) is 5.32 Å². The number of hydrogen-bond acceptors (Lipinski definition) is 2. The van der Waals surface area contributed by atoms with Crippen LogP contribution >= 0.6 is 0 Å². The molecule has 0 radical (unpaired) electrons. The summed E-state index contributed by atoms with van der Waals surface area (Å²) in [5, 5.41) is 1.96. The van der Waals surface area contributed by atoms with Crippen molar-refractivity contribution in [3.63, 3.8) is 0 Å². The van der Waals surface area contributed by atoms with Gasteiger partial charge in [-0.2, -0.15) is 8.78 Å². The number of alkyl halides is 4. The normalized spacial score (nSPS) is 30.4. The molecule has 0 bridgehead atoms. The van der Waals surface area contributed by atoms with Crippen LogP contribution in [0.1, 0.15) is 33.6 Å². The molecular weight excluding hydrogens is 276 g/mol. The molecule has 1 aliphatic rings. The Hall–Kier alpha value is -0.850. The molecule has 3 N–H and O–H groups in total. The average molecular weight is 298 g/mol. The van der Waals surface area contributed by atoms with E-state index in [2.05, 4.69) is 0 Å². The van der Waals surface area contributed by atoms with Crippen LogP contribution in [0.2, 0.25) is 0 Å². The zero-order valence-corrected chi connectivity index (χ0v) is 11.9. The Balaban J connectivity index is 2.68. The van der Waals surface area contributed by atoms with E-state index >= 15 is 0 Å². The van der Waals surface area contributed by atoms with Crippen LogP contribution < -0.4 is 11.1 Å². The van der Waals surface area contributed by atoms with Gasteiger partial charge in [0.2, 0.25) is 5.91 Å². The van der Waals surface area contributed by atoms with Gasteiger partial charge in [-0.15, -0.1) is 0 Å². The Morgan fingerprint density at radius 2 is 1.95 bits per heavy atom. The van der Waals surface area contributed by atoms with Gasteiger partial charge in [0, 0.05) is 12.0 Å². The van der Waals surface area contributed by atoms with E-state index in [1.165, 1.54) is 0 Å². The van der Waals surface area contributed by atoms with Gasteiger partial charge in [0.25, 0.3) is 0 Å². The molecule has 1 amide bonds. The molecular formula is C13H22F4N2O. The van der Waals surface area contributed by atoms with Gasteiger partial charge in [0.15, 0.2) is 0 Å².